The summed E-state index contributed by atoms with van der Waals surface area (Å²) in [5.41, 5.74) is 9.88. The van der Waals surface area contributed by atoms with Gasteiger partial charge in [-0.1, -0.05) is 133 Å². The molecule has 50 heavy (non-hydrogen) atoms. The fourth-order valence-corrected chi connectivity index (χ4v) is 7.14. The Balaban J connectivity index is 1.28. The maximum atomic E-state index is 6.60. The van der Waals surface area contributed by atoms with E-state index in [1.807, 2.05) is 78.9 Å². The normalized spacial score (nSPS) is 11.6. The second-order valence-corrected chi connectivity index (χ2v) is 12.5. The Kier molecular flexibility index (Phi) is 6.42. The molecule has 5 heteroatoms. The van der Waals surface area contributed by atoms with Crippen LogP contribution in [-0.2, 0) is 0 Å². The zero-order valence-corrected chi connectivity index (χ0v) is 26.9. The molecule has 10 aromatic rings. The van der Waals surface area contributed by atoms with E-state index in [4.69, 9.17) is 19.4 Å². The molecule has 234 valence electrons. The van der Waals surface area contributed by atoms with Gasteiger partial charge >= 0.3 is 0 Å². The summed E-state index contributed by atoms with van der Waals surface area (Å²) in [6.45, 7) is 0. The standard InChI is InChI=1S/C45H28N4O/c1-4-14-29(15-5-1)32-24-25-39-36(26-32)34-20-10-12-22-38(34)49(39)33-27-37(42-35-21-11-13-23-40(35)50-41(42)28-33)45-47-43(30-16-6-2-7-17-30)46-44(48-45)31-18-8-3-9-19-31/h1-28H. The monoisotopic (exact) mass is 640 g/mol. The highest BCUT2D eigenvalue weighted by atomic mass is 16.3. The average Bonchev–Trinajstić information content (AvgIpc) is 3.74. The molecule has 0 fully saturated rings. The highest BCUT2D eigenvalue weighted by Crippen LogP contribution is 2.41. The first-order chi connectivity index (χ1) is 24.8. The Bertz CT molecular complexity index is 2800. The lowest BCUT2D eigenvalue weighted by atomic mass is 10.0. The molecule has 0 saturated carbocycles. The molecule has 0 saturated heterocycles. The summed E-state index contributed by atoms with van der Waals surface area (Å²) in [4.78, 5) is 15.3. The van der Waals surface area contributed by atoms with E-state index in [0.29, 0.717) is 17.5 Å². The van der Waals surface area contributed by atoms with Crippen LogP contribution in [0.3, 0.4) is 0 Å². The van der Waals surface area contributed by atoms with Crippen molar-refractivity contribution < 1.29 is 4.42 Å². The molecule has 0 spiro atoms. The van der Waals surface area contributed by atoms with Gasteiger partial charge in [-0.2, -0.15) is 0 Å². The van der Waals surface area contributed by atoms with Gasteiger partial charge in [0.05, 0.1) is 16.7 Å². The summed E-state index contributed by atoms with van der Waals surface area (Å²) in [6, 6.07) is 58.6. The molecule has 0 bridgehead atoms. The molecule has 0 atom stereocenters. The number of aromatic nitrogens is 4. The third kappa shape index (κ3) is 4.60. The number of hydrogen-bond acceptors (Lipinski definition) is 4. The van der Waals surface area contributed by atoms with Crippen LogP contribution < -0.4 is 0 Å². The molecule has 0 aliphatic rings. The van der Waals surface area contributed by atoms with Gasteiger partial charge in [0.1, 0.15) is 11.2 Å². The average molecular weight is 641 g/mol. The van der Waals surface area contributed by atoms with Gasteiger partial charge in [-0.15, -0.1) is 0 Å². The van der Waals surface area contributed by atoms with Crippen LogP contribution in [0.15, 0.2) is 174 Å². The van der Waals surface area contributed by atoms with Crippen molar-refractivity contribution in [3.8, 4) is 51.0 Å². The summed E-state index contributed by atoms with van der Waals surface area (Å²) in [6.07, 6.45) is 0. The van der Waals surface area contributed by atoms with E-state index in [1.165, 1.54) is 21.9 Å². The molecule has 0 aliphatic heterocycles. The van der Waals surface area contributed by atoms with Gasteiger partial charge in [0.25, 0.3) is 0 Å². The second kappa shape index (κ2) is 11.4. The van der Waals surface area contributed by atoms with Crippen LogP contribution in [0.1, 0.15) is 0 Å². The third-order valence-electron chi connectivity index (χ3n) is 9.44. The van der Waals surface area contributed by atoms with Crippen molar-refractivity contribution in [2.45, 2.75) is 0 Å². The smallest absolute Gasteiger partial charge is 0.164 e. The maximum Gasteiger partial charge on any atom is 0.164 e. The lowest BCUT2D eigenvalue weighted by Gasteiger charge is -2.13. The molecule has 0 amide bonds. The Morgan fingerprint density at radius 3 is 1.64 bits per heavy atom. The number of hydrogen-bond donors (Lipinski definition) is 0. The third-order valence-corrected chi connectivity index (χ3v) is 9.44. The number of furan rings is 1. The summed E-state index contributed by atoms with van der Waals surface area (Å²) in [7, 11) is 0. The number of fused-ring (bicyclic) bond motifs is 6. The molecular weight excluding hydrogens is 613 g/mol. The lowest BCUT2D eigenvalue weighted by Crippen LogP contribution is -2.01. The molecule has 3 heterocycles. The van der Waals surface area contributed by atoms with Crippen LogP contribution >= 0.6 is 0 Å². The van der Waals surface area contributed by atoms with Crippen molar-refractivity contribution in [1.82, 2.24) is 19.5 Å². The second-order valence-electron chi connectivity index (χ2n) is 12.5. The molecule has 0 radical (unpaired) electrons. The fraction of sp³-hybridized carbons (Fsp3) is 0. The van der Waals surface area contributed by atoms with Crippen LogP contribution in [-0.4, -0.2) is 19.5 Å². The van der Waals surface area contributed by atoms with Gasteiger partial charge in [-0.3, -0.25) is 0 Å². The van der Waals surface area contributed by atoms with E-state index in [1.54, 1.807) is 0 Å². The number of benzene rings is 7. The molecular formula is C45H28N4O. The minimum Gasteiger partial charge on any atom is -0.456 e. The summed E-state index contributed by atoms with van der Waals surface area (Å²) >= 11 is 0. The topological polar surface area (TPSA) is 56.7 Å². The largest absolute Gasteiger partial charge is 0.456 e. The van der Waals surface area contributed by atoms with Gasteiger partial charge in [0.2, 0.25) is 0 Å². The molecule has 0 aliphatic carbocycles. The molecule has 3 aromatic heterocycles. The summed E-state index contributed by atoms with van der Waals surface area (Å²) in [5, 5.41) is 4.36. The van der Waals surface area contributed by atoms with Crippen molar-refractivity contribution in [2.75, 3.05) is 0 Å². The van der Waals surface area contributed by atoms with Gasteiger partial charge < -0.3 is 8.98 Å². The van der Waals surface area contributed by atoms with E-state index >= 15 is 0 Å². The number of nitrogens with zero attached hydrogens (tertiary/aromatic N) is 4. The van der Waals surface area contributed by atoms with Crippen LogP contribution in [0.4, 0.5) is 0 Å². The zero-order valence-electron chi connectivity index (χ0n) is 26.9. The van der Waals surface area contributed by atoms with Crippen LogP contribution in [0, 0.1) is 0 Å². The molecule has 7 aromatic carbocycles. The van der Waals surface area contributed by atoms with Crippen molar-refractivity contribution in [2.24, 2.45) is 0 Å². The van der Waals surface area contributed by atoms with Gasteiger partial charge in [0, 0.05) is 44.3 Å². The van der Waals surface area contributed by atoms with Crippen LogP contribution in [0.2, 0.25) is 0 Å². The molecule has 5 nitrogen and oxygen atoms in total. The Morgan fingerprint density at radius 2 is 0.940 bits per heavy atom. The molecule has 0 unspecified atom stereocenters. The van der Waals surface area contributed by atoms with Crippen LogP contribution in [0.25, 0.3) is 94.7 Å². The quantitative estimate of drug-likeness (QED) is 0.188. The molecule has 0 N–H and O–H groups in total. The zero-order chi connectivity index (χ0) is 33.0. The Morgan fingerprint density at radius 1 is 0.380 bits per heavy atom. The maximum absolute atomic E-state index is 6.60. The minimum atomic E-state index is 0.586. The van der Waals surface area contributed by atoms with Crippen molar-refractivity contribution in [3.05, 3.63) is 170 Å². The van der Waals surface area contributed by atoms with Gasteiger partial charge in [0.15, 0.2) is 17.5 Å². The summed E-state index contributed by atoms with van der Waals surface area (Å²) in [5.74, 6) is 1.82. The highest BCUT2D eigenvalue weighted by Gasteiger charge is 2.21. The SMILES string of the molecule is c1ccc(-c2ccc3c(c2)c2ccccc2n3-c2cc(-c3nc(-c4ccccc4)nc(-c4ccccc4)n3)c3c(c2)oc2ccccc23)cc1. The predicted octanol–water partition coefficient (Wildman–Crippen LogP) is 11.5. The molecule has 10 rings (SSSR count). The highest BCUT2D eigenvalue weighted by molar-refractivity contribution is 6.14. The van der Waals surface area contributed by atoms with E-state index in [9.17, 15) is 0 Å². The van der Waals surface area contributed by atoms with Crippen LogP contribution in [0.5, 0.6) is 0 Å². The van der Waals surface area contributed by atoms with Gasteiger partial charge in [-0.05, 0) is 41.5 Å². The van der Waals surface area contributed by atoms with Crippen molar-refractivity contribution in [3.63, 3.8) is 0 Å². The fourth-order valence-electron chi connectivity index (χ4n) is 7.14. The first kappa shape index (κ1) is 28.2. The van der Waals surface area contributed by atoms with Crippen molar-refractivity contribution >= 4 is 43.7 Å². The lowest BCUT2D eigenvalue weighted by molar-refractivity contribution is 0.668. The van der Waals surface area contributed by atoms with E-state index < -0.39 is 0 Å². The van der Waals surface area contributed by atoms with E-state index in [0.717, 1.165) is 55.3 Å². The van der Waals surface area contributed by atoms with Gasteiger partial charge in [-0.25, -0.2) is 15.0 Å². The van der Waals surface area contributed by atoms with E-state index in [-0.39, 0.29) is 0 Å². The summed E-state index contributed by atoms with van der Waals surface area (Å²) < 4.78 is 8.93. The van der Waals surface area contributed by atoms with E-state index in [2.05, 4.69) is 95.6 Å². The first-order valence-corrected chi connectivity index (χ1v) is 16.7. The number of rotatable bonds is 5. The van der Waals surface area contributed by atoms with Crippen molar-refractivity contribution in [1.29, 1.82) is 0 Å². The number of para-hydroxylation sites is 2. The predicted molar refractivity (Wildman–Crippen MR) is 203 cm³/mol. The Hall–Kier alpha value is -6.85. The minimum absolute atomic E-state index is 0.586. The first-order valence-electron chi connectivity index (χ1n) is 16.7. The Labute approximate surface area is 287 Å².